The Morgan fingerprint density at radius 1 is 1.18 bits per heavy atom. The van der Waals surface area contributed by atoms with E-state index in [0.717, 1.165) is 17.0 Å². The number of nitrogens with one attached hydrogen (secondary N) is 1. The number of amides is 2. The molecular weight excluding hydrogens is 373 g/mol. The summed E-state index contributed by atoms with van der Waals surface area (Å²) in [4.78, 5) is 25.5. The third-order valence-electron chi connectivity index (χ3n) is 3.73. The minimum absolute atomic E-state index is 0.111. The van der Waals surface area contributed by atoms with Gasteiger partial charge < -0.3 is 15.0 Å². The van der Waals surface area contributed by atoms with Gasteiger partial charge >= 0.3 is 6.18 Å². The Bertz CT molecular complexity index is 904. The van der Waals surface area contributed by atoms with Crippen LogP contribution in [0.5, 0.6) is 5.75 Å². The van der Waals surface area contributed by atoms with Crippen molar-refractivity contribution in [3.8, 4) is 18.1 Å². The summed E-state index contributed by atoms with van der Waals surface area (Å²) in [6, 6.07) is 10.6. The number of likely N-dealkylation sites (N-methyl/N-ethyl adjacent to an activating group) is 1. The Hall–Kier alpha value is -3.47. The Kier molecular flexibility index (Phi) is 6.66. The molecule has 0 aromatic heterocycles. The van der Waals surface area contributed by atoms with Gasteiger partial charge in [0.1, 0.15) is 12.3 Å². The second kappa shape index (κ2) is 8.95. The lowest BCUT2D eigenvalue weighted by Crippen LogP contribution is -2.42. The number of terminal acetylenes is 1. The summed E-state index contributed by atoms with van der Waals surface area (Å²) in [5, 5.41) is 2.41. The van der Waals surface area contributed by atoms with Gasteiger partial charge in [-0.05, 0) is 36.4 Å². The molecule has 28 heavy (non-hydrogen) atoms. The molecule has 0 atom stereocenters. The molecule has 0 saturated heterocycles. The normalized spacial score (nSPS) is 10.7. The van der Waals surface area contributed by atoms with E-state index >= 15 is 0 Å². The van der Waals surface area contributed by atoms with E-state index in [0.29, 0.717) is 11.3 Å². The fourth-order valence-corrected chi connectivity index (χ4v) is 2.29. The molecule has 0 heterocycles. The summed E-state index contributed by atoms with van der Waals surface area (Å²) in [5.74, 6) is 1.27. The third-order valence-corrected chi connectivity index (χ3v) is 3.73. The van der Waals surface area contributed by atoms with Crippen molar-refractivity contribution < 1.29 is 27.5 Å². The summed E-state index contributed by atoms with van der Waals surface area (Å²) in [6.45, 7) is -0.853. The number of rotatable bonds is 6. The number of hydrogen-bond acceptors (Lipinski definition) is 3. The molecule has 2 rings (SSSR count). The van der Waals surface area contributed by atoms with Gasteiger partial charge in [0.15, 0.2) is 6.61 Å². The van der Waals surface area contributed by atoms with Crippen molar-refractivity contribution in [2.75, 3.05) is 25.1 Å². The van der Waals surface area contributed by atoms with Gasteiger partial charge in [-0.3, -0.25) is 9.59 Å². The van der Waals surface area contributed by atoms with Crippen LogP contribution in [-0.4, -0.2) is 32.0 Å². The Labute approximate surface area is 160 Å². The van der Waals surface area contributed by atoms with E-state index in [2.05, 4.69) is 11.2 Å². The van der Waals surface area contributed by atoms with Crippen molar-refractivity contribution in [2.24, 2.45) is 0 Å². The van der Waals surface area contributed by atoms with Crippen molar-refractivity contribution in [2.45, 2.75) is 6.18 Å². The van der Waals surface area contributed by atoms with Gasteiger partial charge in [-0.15, -0.1) is 6.42 Å². The highest BCUT2D eigenvalue weighted by Crippen LogP contribution is 2.31. The minimum atomic E-state index is -4.52. The lowest BCUT2D eigenvalue weighted by molar-refractivity contribution is -0.137. The van der Waals surface area contributed by atoms with Crippen molar-refractivity contribution in [1.29, 1.82) is 0 Å². The highest BCUT2D eigenvalue weighted by molar-refractivity contribution is 5.99. The maximum absolute atomic E-state index is 12.8. The summed E-state index contributed by atoms with van der Waals surface area (Å²) in [5.41, 5.74) is -0.0101. The van der Waals surface area contributed by atoms with Gasteiger partial charge in [0.05, 0.1) is 5.56 Å². The van der Waals surface area contributed by atoms with Crippen molar-refractivity contribution >= 4 is 17.5 Å². The monoisotopic (exact) mass is 390 g/mol. The number of anilines is 1. The van der Waals surface area contributed by atoms with Gasteiger partial charge in [0.25, 0.3) is 5.91 Å². The molecule has 146 valence electrons. The van der Waals surface area contributed by atoms with Crippen LogP contribution in [0.15, 0.2) is 48.5 Å². The Morgan fingerprint density at radius 3 is 2.54 bits per heavy atom. The van der Waals surface area contributed by atoms with Crippen LogP contribution < -0.4 is 15.0 Å². The lowest BCUT2D eigenvalue weighted by Gasteiger charge is -2.22. The Morgan fingerprint density at radius 2 is 1.89 bits per heavy atom. The molecule has 8 heteroatoms. The number of carbonyl (C=O) groups is 2. The standard InChI is InChI=1S/C20H17F3N2O3/c1-3-14-6-4-8-16(10-14)25(12-18(26)24-2)19(27)13-28-17-9-5-7-15(11-17)20(21,22)23/h1,4-11H,12-13H2,2H3,(H,24,26). The highest BCUT2D eigenvalue weighted by Gasteiger charge is 2.30. The van der Waals surface area contributed by atoms with Gasteiger partial charge in [-0.1, -0.05) is 18.1 Å². The zero-order chi connectivity index (χ0) is 20.7. The molecule has 0 bridgehead atoms. The van der Waals surface area contributed by atoms with E-state index in [9.17, 15) is 22.8 Å². The fraction of sp³-hybridized carbons (Fsp3) is 0.200. The van der Waals surface area contributed by atoms with Gasteiger partial charge in [0, 0.05) is 18.3 Å². The number of halogens is 3. The van der Waals surface area contributed by atoms with E-state index in [1.807, 2.05) is 0 Å². The molecule has 0 aliphatic carbocycles. The molecule has 2 aromatic carbocycles. The average molecular weight is 390 g/mol. The number of alkyl halides is 3. The van der Waals surface area contributed by atoms with Crippen molar-refractivity contribution in [1.82, 2.24) is 5.32 Å². The Balaban J connectivity index is 2.19. The topological polar surface area (TPSA) is 58.6 Å². The predicted octanol–water partition coefficient (Wildman–Crippen LogP) is 2.84. The van der Waals surface area contributed by atoms with Gasteiger partial charge in [-0.25, -0.2) is 0 Å². The summed E-state index contributed by atoms with van der Waals surface area (Å²) in [6.07, 6.45) is 0.833. The second-order valence-electron chi connectivity index (χ2n) is 5.66. The summed E-state index contributed by atoms with van der Waals surface area (Å²) >= 11 is 0. The number of benzene rings is 2. The zero-order valence-corrected chi connectivity index (χ0v) is 14.9. The fourth-order valence-electron chi connectivity index (χ4n) is 2.29. The summed E-state index contributed by atoms with van der Waals surface area (Å²) in [7, 11) is 1.42. The first kappa shape index (κ1) is 20.8. The largest absolute Gasteiger partial charge is 0.484 e. The molecule has 5 nitrogen and oxygen atoms in total. The maximum Gasteiger partial charge on any atom is 0.416 e. The first-order chi connectivity index (χ1) is 13.2. The van der Waals surface area contributed by atoms with Crippen LogP contribution in [0.3, 0.4) is 0 Å². The molecule has 0 unspecified atom stereocenters. The van der Waals surface area contributed by atoms with Crippen molar-refractivity contribution in [3.05, 3.63) is 59.7 Å². The molecular formula is C20H17F3N2O3. The molecule has 0 aliphatic rings. The quantitative estimate of drug-likeness (QED) is 0.772. The van der Waals surface area contributed by atoms with Gasteiger partial charge in [-0.2, -0.15) is 13.2 Å². The molecule has 0 saturated carbocycles. The first-order valence-electron chi connectivity index (χ1n) is 8.12. The van der Waals surface area contributed by atoms with Crippen LogP contribution in [0.1, 0.15) is 11.1 Å². The van der Waals surface area contributed by atoms with Crippen LogP contribution in [0, 0.1) is 12.3 Å². The number of nitrogens with zero attached hydrogens (tertiary/aromatic N) is 1. The molecule has 2 amide bonds. The van der Waals surface area contributed by atoms with Crippen molar-refractivity contribution in [3.63, 3.8) is 0 Å². The molecule has 2 aromatic rings. The molecule has 0 radical (unpaired) electrons. The average Bonchev–Trinajstić information content (AvgIpc) is 2.69. The van der Waals surface area contributed by atoms with E-state index in [-0.39, 0.29) is 12.3 Å². The number of carbonyl (C=O) groups excluding carboxylic acids is 2. The van der Waals surface area contributed by atoms with Crippen LogP contribution in [-0.2, 0) is 15.8 Å². The summed E-state index contributed by atoms with van der Waals surface area (Å²) < 4.78 is 43.6. The van der Waals surface area contributed by atoms with Crippen LogP contribution in [0.4, 0.5) is 18.9 Å². The number of ether oxygens (including phenoxy) is 1. The number of hydrogen-bond donors (Lipinski definition) is 1. The molecule has 0 spiro atoms. The molecule has 1 N–H and O–H groups in total. The van der Waals surface area contributed by atoms with Crippen LogP contribution >= 0.6 is 0 Å². The maximum atomic E-state index is 12.8. The van der Waals surface area contributed by atoms with E-state index in [4.69, 9.17) is 11.2 Å². The highest BCUT2D eigenvalue weighted by atomic mass is 19.4. The van der Waals surface area contributed by atoms with E-state index in [1.54, 1.807) is 24.3 Å². The second-order valence-corrected chi connectivity index (χ2v) is 5.66. The molecule has 0 aliphatic heterocycles. The SMILES string of the molecule is C#Cc1cccc(N(CC(=O)NC)C(=O)COc2cccc(C(F)(F)F)c2)c1. The van der Waals surface area contributed by atoms with E-state index < -0.39 is 30.2 Å². The predicted molar refractivity (Wildman–Crippen MR) is 97.7 cm³/mol. The van der Waals surface area contributed by atoms with E-state index in [1.165, 1.54) is 19.2 Å². The minimum Gasteiger partial charge on any atom is -0.484 e. The lowest BCUT2D eigenvalue weighted by atomic mass is 10.2. The first-order valence-corrected chi connectivity index (χ1v) is 8.12. The zero-order valence-electron chi connectivity index (χ0n) is 14.9. The third kappa shape index (κ3) is 5.51. The van der Waals surface area contributed by atoms with Crippen LogP contribution in [0.2, 0.25) is 0 Å². The van der Waals surface area contributed by atoms with Gasteiger partial charge in [0.2, 0.25) is 5.91 Å². The smallest absolute Gasteiger partial charge is 0.416 e. The molecule has 0 fully saturated rings. The van der Waals surface area contributed by atoms with Crippen LogP contribution in [0.25, 0.3) is 0 Å².